The summed E-state index contributed by atoms with van der Waals surface area (Å²) in [6.45, 7) is 0.904. The van der Waals surface area contributed by atoms with Crippen molar-refractivity contribution >= 4 is 29.9 Å². The summed E-state index contributed by atoms with van der Waals surface area (Å²) in [7, 11) is 5.16. The lowest BCUT2D eigenvalue weighted by molar-refractivity contribution is 0.354. The largest absolute Gasteiger partial charge is 0.493 e. The molecule has 2 rings (SSSR count). The second kappa shape index (κ2) is 11.4. The van der Waals surface area contributed by atoms with Crippen LogP contribution in [0.4, 0.5) is 0 Å². The van der Waals surface area contributed by atoms with Crippen molar-refractivity contribution in [3.8, 4) is 11.5 Å². The molecule has 0 saturated heterocycles. The molecule has 1 aromatic carbocycles. The van der Waals surface area contributed by atoms with Crippen molar-refractivity contribution < 1.29 is 9.47 Å². The third-order valence-electron chi connectivity index (χ3n) is 4.30. The zero-order chi connectivity index (χ0) is 16.5. The van der Waals surface area contributed by atoms with E-state index < -0.39 is 0 Å². The predicted octanol–water partition coefficient (Wildman–Crippen LogP) is 3.36. The van der Waals surface area contributed by atoms with Crippen molar-refractivity contribution in [2.75, 3.05) is 27.8 Å². The van der Waals surface area contributed by atoms with Crippen molar-refractivity contribution in [3.63, 3.8) is 0 Å². The van der Waals surface area contributed by atoms with Crippen LogP contribution in [0.1, 0.15) is 37.7 Å². The molecule has 0 aliphatic heterocycles. The number of benzene rings is 1. The molecule has 1 aliphatic carbocycles. The maximum Gasteiger partial charge on any atom is 0.191 e. The van der Waals surface area contributed by atoms with E-state index in [2.05, 4.69) is 21.7 Å². The zero-order valence-electron chi connectivity index (χ0n) is 14.9. The van der Waals surface area contributed by atoms with Gasteiger partial charge in [0.25, 0.3) is 0 Å². The quantitative estimate of drug-likeness (QED) is 0.291. The van der Waals surface area contributed by atoms with E-state index in [9.17, 15) is 0 Å². The van der Waals surface area contributed by atoms with E-state index in [1.165, 1.54) is 31.2 Å². The van der Waals surface area contributed by atoms with Crippen LogP contribution in [0.2, 0.25) is 0 Å². The number of guanidine groups is 1. The maximum absolute atomic E-state index is 5.34. The average molecular weight is 447 g/mol. The summed E-state index contributed by atoms with van der Waals surface area (Å²) in [6.07, 6.45) is 7.20. The molecule has 0 amide bonds. The Morgan fingerprint density at radius 2 is 1.88 bits per heavy atom. The third-order valence-corrected chi connectivity index (χ3v) is 4.30. The SMILES string of the molecule is CN=C(NCCCc1ccc(OC)c(OC)c1)NC1CCCC1.I. The van der Waals surface area contributed by atoms with Gasteiger partial charge in [-0.1, -0.05) is 18.9 Å². The second-order valence-corrected chi connectivity index (χ2v) is 5.92. The average Bonchev–Trinajstić information content (AvgIpc) is 3.10. The summed E-state index contributed by atoms with van der Waals surface area (Å²) in [5, 5.41) is 6.90. The lowest BCUT2D eigenvalue weighted by atomic mass is 10.1. The molecule has 1 fully saturated rings. The van der Waals surface area contributed by atoms with Crippen molar-refractivity contribution in [1.29, 1.82) is 0 Å². The maximum atomic E-state index is 5.34. The summed E-state index contributed by atoms with van der Waals surface area (Å²) in [6, 6.07) is 6.69. The second-order valence-electron chi connectivity index (χ2n) is 5.92. The monoisotopic (exact) mass is 447 g/mol. The van der Waals surface area contributed by atoms with Gasteiger partial charge >= 0.3 is 0 Å². The Morgan fingerprint density at radius 3 is 2.50 bits per heavy atom. The molecule has 0 bridgehead atoms. The first-order valence-electron chi connectivity index (χ1n) is 8.45. The molecule has 6 heteroatoms. The van der Waals surface area contributed by atoms with Gasteiger partial charge in [0.1, 0.15) is 0 Å². The Labute approximate surface area is 162 Å². The number of hydrogen-bond acceptors (Lipinski definition) is 3. The molecule has 0 spiro atoms. The lowest BCUT2D eigenvalue weighted by Gasteiger charge is -2.16. The Kier molecular flexibility index (Phi) is 9.90. The van der Waals surface area contributed by atoms with Gasteiger partial charge in [-0.2, -0.15) is 0 Å². The Balaban J connectivity index is 0.00000288. The first-order chi connectivity index (χ1) is 11.3. The molecule has 0 unspecified atom stereocenters. The van der Waals surface area contributed by atoms with E-state index in [1.807, 2.05) is 19.2 Å². The lowest BCUT2D eigenvalue weighted by Crippen LogP contribution is -2.42. The number of nitrogens with one attached hydrogen (secondary N) is 2. The highest BCUT2D eigenvalue weighted by Crippen LogP contribution is 2.27. The fourth-order valence-electron chi connectivity index (χ4n) is 2.99. The number of methoxy groups -OCH3 is 2. The molecule has 1 aliphatic rings. The van der Waals surface area contributed by atoms with Crippen LogP contribution in [-0.4, -0.2) is 39.8 Å². The minimum absolute atomic E-state index is 0. The number of aliphatic imine (C=N–C) groups is 1. The number of halogens is 1. The summed E-state index contributed by atoms with van der Waals surface area (Å²) in [4.78, 5) is 4.30. The Morgan fingerprint density at radius 1 is 1.17 bits per heavy atom. The van der Waals surface area contributed by atoms with Gasteiger partial charge in [-0.25, -0.2) is 0 Å². The molecule has 0 heterocycles. The van der Waals surface area contributed by atoms with Crippen LogP contribution in [0.15, 0.2) is 23.2 Å². The molecule has 24 heavy (non-hydrogen) atoms. The smallest absolute Gasteiger partial charge is 0.191 e. The van der Waals surface area contributed by atoms with Crippen LogP contribution in [0.25, 0.3) is 0 Å². The van der Waals surface area contributed by atoms with Gasteiger partial charge in [0.2, 0.25) is 0 Å². The standard InChI is InChI=1S/C18H29N3O2.HI/c1-19-18(21-15-8-4-5-9-15)20-12-6-7-14-10-11-16(22-2)17(13-14)23-3;/h10-11,13,15H,4-9,12H2,1-3H3,(H2,19,20,21);1H. The Bertz CT molecular complexity index is 517. The van der Waals surface area contributed by atoms with Crippen molar-refractivity contribution in [1.82, 2.24) is 10.6 Å². The first kappa shape index (κ1) is 20.9. The van der Waals surface area contributed by atoms with Gasteiger partial charge in [-0.05, 0) is 43.4 Å². The van der Waals surface area contributed by atoms with Gasteiger partial charge in [0.15, 0.2) is 17.5 Å². The topological polar surface area (TPSA) is 54.9 Å². The van der Waals surface area contributed by atoms with Crippen molar-refractivity contribution in [2.24, 2.45) is 4.99 Å². The predicted molar refractivity (Wildman–Crippen MR) is 110 cm³/mol. The van der Waals surface area contributed by atoms with Gasteiger partial charge in [-0.15, -0.1) is 24.0 Å². The van der Waals surface area contributed by atoms with E-state index in [1.54, 1.807) is 14.2 Å². The number of aryl methyl sites for hydroxylation is 1. The summed E-state index contributed by atoms with van der Waals surface area (Å²) < 4.78 is 10.6. The highest BCUT2D eigenvalue weighted by Gasteiger charge is 2.15. The normalized spacial score (nSPS) is 14.9. The highest BCUT2D eigenvalue weighted by atomic mass is 127. The first-order valence-corrected chi connectivity index (χ1v) is 8.45. The number of ether oxygens (including phenoxy) is 2. The van der Waals surface area contributed by atoms with Crippen LogP contribution in [-0.2, 0) is 6.42 Å². The zero-order valence-corrected chi connectivity index (χ0v) is 17.3. The molecule has 0 aromatic heterocycles. The fraction of sp³-hybridized carbons (Fsp3) is 0.611. The van der Waals surface area contributed by atoms with Crippen LogP contribution in [0, 0.1) is 0 Å². The number of nitrogens with zero attached hydrogens (tertiary/aromatic N) is 1. The van der Waals surface area contributed by atoms with Gasteiger partial charge in [-0.3, -0.25) is 4.99 Å². The van der Waals surface area contributed by atoms with E-state index in [4.69, 9.17) is 9.47 Å². The van der Waals surface area contributed by atoms with Gasteiger partial charge < -0.3 is 20.1 Å². The van der Waals surface area contributed by atoms with Crippen LogP contribution < -0.4 is 20.1 Å². The minimum Gasteiger partial charge on any atom is -0.493 e. The molecular formula is C18H30IN3O2. The Hall–Kier alpha value is -1.18. The van der Waals surface area contributed by atoms with Crippen LogP contribution in [0.3, 0.4) is 0 Å². The molecule has 0 atom stereocenters. The van der Waals surface area contributed by atoms with Crippen molar-refractivity contribution in [2.45, 2.75) is 44.6 Å². The summed E-state index contributed by atoms with van der Waals surface area (Å²) in [5.41, 5.74) is 1.25. The highest BCUT2D eigenvalue weighted by molar-refractivity contribution is 14.0. The third kappa shape index (κ3) is 6.37. The number of hydrogen-bond donors (Lipinski definition) is 2. The molecule has 1 aromatic rings. The van der Waals surface area contributed by atoms with E-state index in [-0.39, 0.29) is 24.0 Å². The van der Waals surface area contributed by atoms with E-state index >= 15 is 0 Å². The summed E-state index contributed by atoms with van der Waals surface area (Å²) >= 11 is 0. The minimum atomic E-state index is 0. The van der Waals surface area contributed by atoms with E-state index in [0.29, 0.717) is 6.04 Å². The molecule has 2 N–H and O–H groups in total. The molecule has 0 radical (unpaired) electrons. The van der Waals surface area contributed by atoms with Crippen LogP contribution in [0.5, 0.6) is 11.5 Å². The molecule has 136 valence electrons. The van der Waals surface area contributed by atoms with Gasteiger partial charge in [0, 0.05) is 19.6 Å². The van der Waals surface area contributed by atoms with Crippen LogP contribution >= 0.6 is 24.0 Å². The van der Waals surface area contributed by atoms with Crippen molar-refractivity contribution in [3.05, 3.63) is 23.8 Å². The van der Waals surface area contributed by atoms with Gasteiger partial charge in [0.05, 0.1) is 14.2 Å². The van der Waals surface area contributed by atoms with E-state index in [0.717, 1.165) is 36.8 Å². The molecule has 1 saturated carbocycles. The fourth-order valence-corrected chi connectivity index (χ4v) is 2.99. The molecule has 5 nitrogen and oxygen atoms in total. The molecular weight excluding hydrogens is 417 g/mol. The summed E-state index contributed by atoms with van der Waals surface area (Å²) in [5.74, 6) is 2.48. The number of rotatable bonds is 7.